The summed E-state index contributed by atoms with van der Waals surface area (Å²) in [5, 5.41) is 20.7. The molecule has 3 atom stereocenters. The van der Waals surface area contributed by atoms with Crippen LogP contribution in [0.25, 0.3) is 10.8 Å². The Balaban J connectivity index is 0.000000169. The van der Waals surface area contributed by atoms with Gasteiger partial charge in [-0.1, -0.05) is 70.5 Å². The van der Waals surface area contributed by atoms with Crippen molar-refractivity contribution in [3.63, 3.8) is 0 Å². The van der Waals surface area contributed by atoms with E-state index < -0.39 is 11.4 Å². The molecule has 0 aliphatic heterocycles. The number of aliphatic hydroxyl groups is 1. The summed E-state index contributed by atoms with van der Waals surface area (Å²) in [4.78, 5) is 11.2. The van der Waals surface area contributed by atoms with Crippen LogP contribution in [0.2, 0.25) is 0 Å². The van der Waals surface area contributed by atoms with Crippen LogP contribution in [0, 0.1) is 5.41 Å². The predicted octanol–water partition coefficient (Wildman–Crippen LogP) is 5.25. The summed E-state index contributed by atoms with van der Waals surface area (Å²) in [5.41, 5.74) is 7.41. The first kappa shape index (κ1) is 21.5. The molecule has 4 rings (SSSR count). The second-order valence-electron chi connectivity index (χ2n) is 7.60. The zero-order valence-corrected chi connectivity index (χ0v) is 18.0. The number of carboxylic acid groups (broad SMARTS) is 1. The Morgan fingerprint density at radius 2 is 1.79 bits per heavy atom. The number of fused-ring (bicyclic) bond motifs is 1. The smallest absolute Gasteiger partial charge is 0.310 e. The van der Waals surface area contributed by atoms with Crippen molar-refractivity contribution in [3.05, 3.63) is 82.3 Å². The zero-order valence-electron chi connectivity index (χ0n) is 16.4. The van der Waals surface area contributed by atoms with Crippen LogP contribution in [0.4, 0.5) is 0 Å². The molecule has 1 aliphatic rings. The lowest BCUT2D eigenvalue weighted by atomic mass is 9.96. The van der Waals surface area contributed by atoms with Crippen LogP contribution in [-0.2, 0) is 4.79 Å². The van der Waals surface area contributed by atoms with Crippen LogP contribution < -0.4 is 5.73 Å². The van der Waals surface area contributed by atoms with Crippen LogP contribution in [0.15, 0.2) is 71.2 Å². The number of carbonyl (C=O) groups is 1. The maximum absolute atomic E-state index is 11.2. The maximum Gasteiger partial charge on any atom is 0.310 e. The lowest BCUT2D eigenvalue weighted by Gasteiger charge is -2.10. The number of aliphatic hydroxyl groups excluding tert-OH is 1. The van der Waals surface area contributed by atoms with E-state index >= 15 is 0 Å². The molecule has 0 bridgehead atoms. The molecule has 0 spiro atoms. The fourth-order valence-electron chi connectivity index (χ4n) is 3.90. The van der Waals surface area contributed by atoms with Crippen molar-refractivity contribution in [2.24, 2.45) is 11.1 Å². The van der Waals surface area contributed by atoms with Gasteiger partial charge in [-0.05, 0) is 53.8 Å². The molecule has 1 fully saturated rings. The van der Waals surface area contributed by atoms with Gasteiger partial charge in [0.05, 0.1) is 5.41 Å². The molecule has 3 aromatic rings. The minimum Gasteiger partial charge on any atom is -0.481 e. The Labute approximate surface area is 179 Å². The number of carboxylic acids is 1. The number of benzene rings is 3. The van der Waals surface area contributed by atoms with E-state index in [0.29, 0.717) is 12.8 Å². The molecular weight excluding hydrogens is 430 g/mol. The highest BCUT2D eigenvalue weighted by molar-refractivity contribution is 9.10. The summed E-state index contributed by atoms with van der Waals surface area (Å²) in [5.74, 6) is -0.750. The van der Waals surface area contributed by atoms with Gasteiger partial charge in [-0.2, -0.15) is 0 Å². The summed E-state index contributed by atoms with van der Waals surface area (Å²) in [6.07, 6.45) is 0.966. The topological polar surface area (TPSA) is 83.6 Å². The maximum atomic E-state index is 11.2. The number of hydrogen-bond donors (Lipinski definition) is 3. The van der Waals surface area contributed by atoms with E-state index in [1.165, 1.54) is 16.3 Å². The summed E-state index contributed by atoms with van der Waals surface area (Å²) in [7, 11) is 0. The third-order valence-corrected chi connectivity index (χ3v) is 6.17. The zero-order chi connectivity index (χ0) is 21.0. The van der Waals surface area contributed by atoms with E-state index in [1.54, 1.807) is 0 Å². The van der Waals surface area contributed by atoms with Crippen LogP contribution in [0.1, 0.15) is 42.9 Å². The largest absolute Gasteiger partial charge is 0.481 e. The molecule has 0 amide bonds. The Bertz CT molecular complexity index is 982. The van der Waals surface area contributed by atoms with Gasteiger partial charge in [-0.3, -0.25) is 4.79 Å². The van der Waals surface area contributed by atoms with Crippen molar-refractivity contribution in [2.45, 2.75) is 31.7 Å². The number of nitrogens with two attached hydrogens (primary N) is 1. The number of halogens is 1. The molecular formula is C24H26BrNO3. The second-order valence-corrected chi connectivity index (χ2v) is 8.52. The quantitative estimate of drug-likeness (QED) is 0.490. The van der Waals surface area contributed by atoms with E-state index in [0.717, 1.165) is 10.0 Å². The van der Waals surface area contributed by atoms with E-state index in [2.05, 4.69) is 46.3 Å². The standard InChI is InChI=1S/C12H13BrO3.C12H13N/c13-9-3-1-8(2-4-9)10-7-12(10,5-6-14)11(15)16;1-9(13)11-8-4-6-10-5-2-3-7-12(10)11/h1-4,10,14H,5-7H2,(H,15,16);2-9H,13H2,1H3/t10-,12+;9-/m10/s1. The van der Waals surface area contributed by atoms with Gasteiger partial charge in [0.2, 0.25) is 0 Å². The lowest BCUT2D eigenvalue weighted by molar-refractivity contribution is -0.144. The molecule has 5 heteroatoms. The Hall–Kier alpha value is -2.21. The lowest BCUT2D eigenvalue weighted by Crippen LogP contribution is -2.18. The third-order valence-electron chi connectivity index (χ3n) is 5.65. The Morgan fingerprint density at radius 3 is 2.41 bits per heavy atom. The van der Waals surface area contributed by atoms with Crippen LogP contribution in [0.3, 0.4) is 0 Å². The van der Waals surface area contributed by atoms with Crippen molar-refractivity contribution in [1.82, 2.24) is 0 Å². The molecule has 1 saturated carbocycles. The Morgan fingerprint density at radius 1 is 1.14 bits per heavy atom. The van der Waals surface area contributed by atoms with E-state index in [9.17, 15) is 9.90 Å². The first-order valence-electron chi connectivity index (χ1n) is 9.72. The first-order chi connectivity index (χ1) is 13.9. The molecule has 0 radical (unpaired) electrons. The van der Waals surface area contributed by atoms with Gasteiger partial charge in [-0.15, -0.1) is 0 Å². The molecule has 3 aromatic carbocycles. The normalized spacial score (nSPS) is 21.2. The van der Waals surface area contributed by atoms with Crippen LogP contribution in [0.5, 0.6) is 0 Å². The molecule has 1 aliphatic carbocycles. The average molecular weight is 456 g/mol. The molecule has 4 nitrogen and oxygen atoms in total. The number of rotatable bonds is 5. The van der Waals surface area contributed by atoms with Crippen molar-refractivity contribution in [3.8, 4) is 0 Å². The fourth-order valence-corrected chi connectivity index (χ4v) is 4.17. The predicted molar refractivity (Wildman–Crippen MR) is 120 cm³/mol. The molecule has 152 valence electrons. The van der Waals surface area contributed by atoms with E-state index in [4.69, 9.17) is 10.8 Å². The van der Waals surface area contributed by atoms with Crippen molar-refractivity contribution in [2.75, 3.05) is 6.61 Å². The molecule has 0 unspecified atom stereocenters. The van der Waals surface area contributed by atoms with Gasteiger partial charge in [0.15, 0.2) is 0 Å². The van der Waals surface area contributed by atoms with Crippen LogP contribution >= 0.6 is 15.9 Å². The molecule has 0 heterocycles. The van der Waals surface area contributed by atoms with Gasteiger partial charge < -0.3 is 15.9 Å². The molecule has 29 heavy (non-hydrogen) atoms. The first-order valence-corrected chi connectivity index (χ1v) is 10.5. The highest BCUT2D eigenvalue weighted by Gasteiger charge is 2.60. The second kappa shape index (κ2) is 9.08. The van der Waals surface area contributed by atoms with Crippen LogP contribution in [-0.4, -0.2) is 22.8 Å². The molecule has 0 saturated heterocycles. The van der Waals surface area contributed by atoms with Gasteiger partial charge in [0, 0.05) is 23.0 Å². The third kappa shape index (κ3) is 4.69. The summed E-state index contributed by atoms with van der Waals surface area (Å²) < 4.78 is 0.986. The van der Waals surface area contributed by atoms with Gasteiger partial charge >= 0.3 is 5.97 Å². The van der Waals surface area contributed by atoms with Crippen molar-refractivity contribution >= 4 is 32.7 Å². The van der Waals surface area contributed by atoms with Gasteiger partial charge in [0.1, 0.15) is 0 Å². The SMILES string of the molecule is C[C@H](N)c1cccc2ccccc12.O=C(O)[C@@]1(CCO)C[C@@H]1c1ccc(Br)cc1. The number of aliphatic carboxylic acids is 1. The summed E-state index contributed by atoms with van der Waals surface area (Å²) in [6.45, 7) is 1.95. The minimum atomic E-state index is -0.797. The van der Waals surface area contributed by atoms with Gasteiger partial charge in [0.25, 0.3) is 0 Å². The summed E-state index contributed by atoms with van der Waals surface area (Å²) in [6, 6.07) is 22.4. The molecule has 4 N–H and O–H groups in total. The summed E-state index contributed by atoms with van der Waals surface area (Å²) >= 11 is 3.35. The minimum absolute atomic E-state index is 0.0465. The number of hydrogen-bond acceptors (Lipinski definition) is 3. The monoisotopic (exact) mass is 455 g/mol. The Kier molecular flexibility index (Phi) is 6.73. The van der Waals surface area contributed by atoms with E-state index in [1.807, 2.05) is 43.3 Å². The average Bonchev–Trinajstić information content (AvgIpc) is 3.44. The molecule has 0 aromatic heterocycles. The van der Waals surface area contributed by atoms with Crippen molar-refractivity contribution in [1.29, 1.82) is 0 Å². The van der Waals surface area contributed by atoms with E-state index in [-0.39, 0.29) is 18.6 Å². The van der Waals surface area contributed by atoms with Crippen molar-refractivity contribution < 1.29 is 15.0 Å². The van der Waals surface area contributed by atoms with Gasteiger partial charge in [-0.25, -0.2) is 0 Å². The highest BCUT2D eigenvalue weighted by atomic mass is 79.9. The fraction of sp³-hybridized carbons (Fsp3) is 0.292. The highest BCUT2D eigenvalue weighted by Crippen LogP contribution is 2.61.